The van der Waals surface area contributed by atoms with E-state index in [0.29, 0.717) is 13.1 Å². The zero-order valence-corrected chi connectivity index (χ0v) is 18.1. The van der Waals surface area contributed by atoms with E-state index in [2.05, 4.69) is 16.0 Å². The van der Waals surface area contributed by atoms with Gasteiger partial charge in [-0.3, -0.25) is 10.1 Å². The molecular formula is C19H32N4O4S. The average molecular weight is 413 g/mol. The molecule has 3 N–H and O–H groups in total. The van der Waals surface area contributed by atoms with Crippen LogP contribution in [-0.2, 0) is 14.8 Å². The second kappa shape index (κ2) is 11.1. The lowest BCUT2D eigenvalue weighted by Crippen LogP contribution is -2.46. The van der Waals surface area contributed by atoms with Crippen molar-refractivity contribution in [1.82, 2.24) is 20.3 Å². The van der Waals surface area contributed by atoms with Crippen LogP contribution in [0.3, 0.4) is 0 Å². The molecule has 2 atom stereocenters. The summed E-state index contributed by atoms with van der Waals surface area (Å²) >= 11 is 0. The van der Waals surface area contributed by atoms with Gasteiger partial charge in [0, 0.05) is 25.2 Å². The van der Waals surface area contributed by atoms with E-state index in [9.17, 15) is 18.0 Å². The van der Waals surface area contributed by atoms with Crippen LogP contribution < -0.4 is 16.0 Å². The molecule has 0 saturated heterocycles. The largest absolute Gasteiger partial charge is 0.335 e. The first-order valence-electron chi connectivity index (χ1n) is 9.59. The van der Waals surface area contributed by atoms with E-state index in [-0.39, 0.29) is 23.5 Å². The van der Waals surface area contributed by atoms with Gasteiger partial charge in [-0.15, -0.1) is 0 Å². The molecule has 0 aliphatic rings. The van der Waals surface area contributed by atoms with Crippen LogP contribution in [0.4, 0.5) is 4.79 Å². The molecule has 0 aliphatic heterocycles. The minimum atomic E-state index is -3.49. The fraction of sp³-hybridized carbons (Fsp3) is 0.579. The molecule has 0 saturated carbocycles. The Balaban J connectivity index is 2.63. The molecule has 158 valence electrons. The van der Waals surface area contributed by atoms with Gasteiger partial charge in [0.2, 0.25) is 15.9 Å². The number of hydrogen-bond donors (Lipinski definition) is 3. The zero-order valence-electron chi connectivity index (χ0n) is 17.3. The summed E-state index contributed by atoms with van der Waals surface area (Å²) in [6.45, 7) is 10.1. The maximum atomic E-state index is 12.5. The first-order chi connectivity index (χ1) is 13.1. The molecule has 0 radical (unpaired) electrons. The number of sulfonamides is 1. The summed E-state index contributed by atoms with van der Waals surface area (Å²) in [5.74, 6) is -0.437. The van der Waals surface area contributed by atoms with Crippen LogP contribution in [0.2, 0.25) is 0 Å². The third-order valence-corrected chi connectivity index (χ3v) is 6.60. The molecule has 9 heteroatoms. The van der Waals surface area contributed by atoms with Crippen molar-refractivity contribution in [3.63, 3.8) is 0 Å². The number of nitrogens with zero attached hydrogens (tertiary/aromatic N) is 1. The number of carbonyl (C=O) groups excluding carboxylic acids is 2. The van der Waals surface area contributed by atoms with Crippen molar-refractivity contribution >= 4 is 22.0 Å². The second-order valence-corrected chi connectivity index (χ2v) is 8.53. The number of urea groups is 1. The van der Waals surface area contributed by atoms with Crippen molar-refractivity contribution in [1.29, 1.82) is 0 Å². The lowest BCUT2D eigenvalue weighted by molar-refractivity contribution is -0.119. The fourth-order valence-corrected chi connectivity index (χ4v) is 4.00. The van der Waals surface area contributed by atoms with Gasteiger partial charge in [0.1, 0.15) is 0 Å². The molecule has 0 spiro atoms. The Morgan fingerprint density at radius 3 is 2.11 bits per heavy atom. The molecule has 0 fully saturated rings. The predicted molar refractivity (Wildman–Crippen MR) is 109 cm³/mol. The molecule has 3 amide bonds. The summed E-state index contributed by atoms with van der Waals surface area (Å²) in [7, 11) is -3.49. The number of hydrogen-bond acceptors (Lipinski definition) is 5. The Labute approximate surface area is 168 Å². The molecule has 0 unspecified atom stereocenters. The van der Waals surface area contributed by atoms with E-state index >= 15 is 0 Å². The summed E-state index contributed by atoms with van der Waals surface area (Å²) in [5.41, 5.74) is 0.843. The summed E-state index contributed by atoms with van der Waals surface area (Å²) in [4.78, 5) is 23.8. The quantitative estimate of drug-likeness (QED) is 0.545. The van der Waals surface area contributed by atoms with E-state index in [1.807, 2.05) is 20.8 Å². The molecule has 28 heavy (non-hydrogen) atoms. The Bertz CT molecular complexity index is 746. The second-order valence-electron chi connectivity index (χ2n) is 6.59. The minimum absolute atomic E-state index is 0.00850. The highest BCUT2D eigenvalue weighted by Gasteiger charge is 2.21. The third-order valence-electron chi connectivity index (χ3n) is 4.53. The molecule has 8 nitrogen and oxygen atoms in total. The first-order valence-corrected chi connectivity index (χ1v) is 11.0. The molecule has 0 heterocycles. The number of benzene rings is 1. The first kappa shape index (κ1) is 24.1. The van der Waals surface area contributed by atoms with Gasteiger partial charge in [-0.05, 0) is 38.0 Å². The van der Waals surface area contributed by atoms with Gasteiger partial charge in [0.05, 0.1) is 11.4 Å². The van der Waals surface area contributed by atoms with Gasteiger partial charge in [-0.1, -0.05) is 32.9 Å². The van der Waals surface area contributed by atoms with E-state index in [1.165, 1.54) is 4.31 Å². The third kappa shape index (κ3) is 6.88. The topological polar surface area (TPSA) is 108 Å². The standard InChI is InChI=1S/C19H32N4O4S/c1-6-14(4)21-19(25)22-18(24)13-20-15(5)16-9-11-17(12-10-16)28(26,27)23(7-2)8-3/h9-12,14-15,20H,6-8,13H2,1-5H3,(H2,21,22,24,25)/t14-,15-/m0/s1. The number of rotatable bonds is 10. The summed E-state index contributed by atoms with van der Waals surface area (Å²) in [6.07, 6.45) is 0.775. The Hall–Kier alpha value is -1.97. The number of nitrogens with one attached hydrogen (secondary N) is 3. The molecule has 0 aromatic heterocycles. The van der Waals surface area contributed by atoms with E-state index < -0.39 is 22.0 Å². The van der Waals surface area contributed by atoms with Crippen LogP contribution in [0.1, 0.15) is 52.6 Å². The lowest BCUT2D eigenvalue weighted by atomic mass is 10.1. The molecule has 0 aliphatic carbocycles. The van der Waals surface area contributed by atoms with Crippen LogP contribution in [0, 0.1) is 0 Å². The monoisotopic (exact) mass is 412 g/mol. The van der Waals surface area contributed by atoms with Crippen molar-refractivity contribution in [3.8, 4) is 0 Å². The number of amides is 3. The van der Waals surface area contributed by atoms with Gasteiger partial charge in [0.25, 0.3) is 0 Å². The molecule has 1 aromatic rings. The number of imide groups is 1. The molecular weight excluding hydrogens is 380 g/mol. The summed E-state index contributed by atoms with van der Waals surface area (Å²) < 4.78 is 26.4. The molecule has 1 aromatic carbocycles. The van der Waals surface area contributed by atoms with E-state index in [1.54, 1.807) is 38.1 Å². The van der Waals surface area contributed by atoms with Gasteiger partial charge in [0.15, 0.2) is 0 Å². The van der Waals surface area contributed by atoms with Crippen LogP contribution in [-0.4, -0.2) is 50.3 Å². The van der Waals surface area contributed by atoms with Gasteiger partial charge >= 0.3 is 6.03 Å². The van der Waals surface area contributed by atoms with Crippen LogP contribution in [0.5, 0.6) is 0 Å². The smallest absolute Gasteiger partial charge is 0.321 e. The summed E-state index contributed by atoms with van der Waals surface area (Å²) in [5, 5.41) is 7.95. The number of carbonyl (C=O) groups is 2. The average Bonchev–Trinajstić information content (AvgIpc) is 2.66. The highest BCUT2D eigenvalue weighted by Crippen LogP contribution is 2.19. The Morgan fingerprint density at radius 2 is 1.61 bits per heavy atom. The van der Waals surface area contributed by atoms with E-state index in [0.717, 1.165) is 12.0 Å². The van der Waals surface area contributed by atoms with Crippen molar-refractivity contribution in [2.45, 2.75) is 58.0 Å². The van der Waals surface area contributed by atoms with Crippen molar-refractivity contribution in [3.05, 3.63) is 29.8 Å². The normalized spacial score (nSPS) is 13.8. The van der Waals surface area contributed by atoms with Crippen molar-refractivity contribution in [2.75, 3.05) is 19.6 Å². The minimum Gasteiger partial charge on any atom is -0.335 e. The van der Waals surface area contributed by atoms with Gasteiger partial charge in [-0.2, -0.15) is 4.31 Å². The van der Waals surface area contributed by atoms with Crippen molar-refractivity contribution < 1.29 is 18.0 Å². The zero-order chi connectivity index (χ0) is 21.3. The van der Waals surface area contributed by atoms with Gasteiger partial charge < -0.3 is 10.6 Å². The molecule has 0 bridgehead atoms. The Morgan fingerprint density at radius 1 is 1.04 bits per heavy atom. The van der Waals surface area contributed by atoms with Crippen LogP contribution in [0.25, 0.3) is 0 Å². The summed E-state index contributed by atoms with van der Waals surface area (Å²) in [6, 6.07) is 5.88. The van der Waals surface area contributed by atoms with E-state index in [4.69, 9.17) is 0 Å². The highest BCUT2D eigenvalue weighted by molar-refractivity contribution is 7.89. The Kier molecular flexibility index (Phi) is 9.57. The van der Waals surface area contributed by atoms with Crippen LogP contribution in [0.15, 0.2) is 29.2 Å². The SMILES string of the molecule is CC[C@H](C)NC(=O)NC(=O)CN[C@@H](C)c1ccc(S(=O)(=O)N(CC)CC)cc1. The van der Waals surface area contributed by atoms with Crippen molar-refractivity contribution in [2.24, 2.45) is 0 Å². The fourth-order valence-electron chi connectivity index (χ4n) is 2.54. The van der Waals surface area contributed by atoms with Gasteiger partial charge in [-0.25, -0.2) is 13.2 Å². The maximum Gasteiger partial charge on any atom is 0.321 e. The predicted octanol–water partition coefficient (Wildman–Crippen LogP) is 1.99. The molecule has 1 rings (SSSR count). The highest BCUT2D eigenvalue weighted by atomic mass is 32.2. The lowest BCUT2D eigenvalue weighted by Gasteiger charge is -2.19. The maximum absolute atomic E-state index is 12.5. The van der Waals surface area contributed by atoms with Crippen LogP contribution >= 0.6 is 0 Å².